The molecule has 0 unspecified atom stereocenters. The van der Waals surface area contributed by atoms with Crippen LogP contribution in [0.2, 0.25) is 0 Å². The zero-order valence-electron chi connectivity index (χ0n) is 7.96. The summed E-state index contributed by atoms with van der Waals surface area (Å²) in [6.07, 6.45) is 0.622. The van der Waals surface area contributed by atoms with Gasteiger partial charge in [0.15, 0.2) is 5.78 Å². The minimum Gasteiger partial charge on any atom is -0.477 e. The largest absolute Gasteiger partial charge is 0.477 e. The number of Topliss-reactive ketones (excluding diaryl/α,β-unsaturated/α-hetero) is 1. The maximum absolute atomic E-state index is 11.2. The minimum absolute atomic E-state index is 0.0621. The summed E-state index contributed by atoms with van der Waals surface area (Å²) in [5, 5.41) is 8.80. The summed E-state index contributed by atoms with van der Waals surface area (Å²) in [5.74, 6) is -1.25. The van der Waals surface area contributed by atoms with Crippen molar-refractivity contribution in [2.24, 2.45) is 0 Å². The Morgan fingerprint density at radius 3 is 2.36 bits per heavy atom. The van der Waals surface area contributed by atoms with E-state index in [-0.39, 0.29) is 16.3 Å². The minimum atomic E-state index is -1.07. The zero-order chi connectivity index (χ0) is 10.9. The van der Waals surface area contributed by atoms with Crippen molar-refractivity contribution in [2.75, 3.05) is 5.73 Å². The van der Waals surface area contributed by atoms with E-state index in [2.05, 4.69) is 0 Å². The number of hydrogen-bond donors (Lipinski definition) is 2. The van der Waals surface area contributed by atoms with Crippen LogP contribution >= 0.6 is 11.3 Å². The molecule has 0 radical (unpaired) electrons. The predicted molar refractivity (Wildman–Crippen MR) is 55.1 cm³/mol. The van der Waals surface area contributed by atoms with Crippen molar-refractivity contribution in [1.82, 2.24) is 0 Å². The predicted octanol–water partition coefficient (Wildman–Crippen LogP) is 1.79. The fourth-order valence-corrected chi connectivity index (χ4v) is 2.33. The van der Waals surface area contributed by atoms with Crippen LogP contribution in [0.25, 0.3) is 0 Å². The normalized spacial score (nSPS) is 10.1. The van der Waals surface area contributed by atoms with E-state index in [1.165, 1.54) is 6.92 Å². The molecule has 1 heterocycles. The van der Waals surface area contributed by atoms with Gasteiger partial charge in [-0.2, -0.15) is 0 Å². The van der Waals surface area contributed by atoms with Crippen molar-refractivity contribution in [1.29, 1.82) is 0 Å². The highest BCUT2D eigenvalue weighted by atomic mass is 32.1. The average molecular weight is 213 g/mol. The Kier molecular flexibility index (Phi) is 2.90. The number of aryl methyl sites for hydroxylation is 1. The van der Waals surface area contributed by atoms with Crippen molar-refractivity contribution in [3.63, 3.8) is 0 Å². The van der Waals surface area contributed by atoms with Crippen LogP contribution in [0.5, 0.6) is 0 Å². The standard InChI is InChI=1S/C9H11NO3S/c1-3-5-6(4(2)11)7(10)8(14-5)9(12)13/h3,10H2,1-2H3,(H,12,13). The number of rotatable bonds is 3. The summed E-state index contributed by atoms with van der Waals surface area (Å²) in [6.45, 7) is 3.26. The van der Waals surface area contributed by atoms with Gasteiger partial charge < -0.3 is 10.8 Å². The van der Waals surface area contributed by atoms with Gasteiger partial charge in [-0.15, -0.1) is 11.3 Å². The third-order valence-electron chi connectivity index (χ3n) is 1.89. The van der Waals surface area contributed by atoms with Crippen LogP contribution in [0.15, 0.2) is 0 Å². The van der Waals surface area contributed by atoms with Crippen molar-refractivity contribution < 1.29 is 14.7 Å². The molecule has 0 spiro atoms. The molecular formula is C9H11NO3S. The van der Waals surface area contributed by atoms with Crippen LogP contribution in [0.1, 0.15) is 38.8 Å². The average Bonchev–Trinajstić information content (AvgIpc) is 2.42. The van der Waals surface area contributed by atoms with Crippen LogP contribution < -0.4 is 5.73 Å². The first-order valence-corrected chi connectivity index (χ1v) is 4.96. The Morgan fingerprint density at radius 1 is 1.50 bits per heavy atom. The molecule has 0 aliphatic carbocycles. The van der Waals surface area contributed by atoms with Crippen molar-refractivity contribution >= 4 is 28.8 Å². The highest BCUT2D eigenvalue weighted by Crippen LogP contribution is 2.31. The molecule has 0 bridgehead atoms. The van der Waals surface area contributed by atoms with Gasteiger partial charge in [0.1, 0.15) is 4.88 Å². The molecule has 76 valence electrons. The first-order valence-electron chi connectivity index (χ1n) is 4.14. The SMILES string of the molecule is CCc1sc(C(=O)O)c(N)c1C(C)=O. The fraction of sp³-hybridized carbons (Fsp3) is 0.333. The summed E-state index contributed by atoms with van der Waals surface area (Å²) in [4.78, 5) is 22.8. The number of carbonyl (C=O) groups excluding carboxylic acids is 1. The summed E-state index contributed by atoms with van der Waals surface area (Å²) in [5.41, 5.74) is 6.06. The van der Waals surface area contributed by atoms with E-state index in [1.54, 1.807) is 0 Å². The molecule has 0 aliphatic heterocycles. The molecule has 5 heteroatoms. The van der Waals surface area contributed by atoms with Crippen LogP contribution in [-0.2, 0) is 6.42 Å². The second-order valence-electron chi connectivity index (χ2n) is 2.86. The maximum Gasteiger partial charge on any atom is 0.348 e. The molecule has 0 fully saturated rings. The van der Waals surface area contributed by atoms with E-state index in [0.717, 1.165) is 16.2 Å². The quantitative estimate of drug-likeness (QED) is 0.750. The molecule has 14 heavy (non-hydrogen) atoms. The number of anilines is 1. The molecular weight excluding hydrogens is 202 g/mol. The lowest BCUT2D eigenvalue weighted by Crippen LogP contribution is -2.03. The van der Waals surface area contributed by atoms with E-state index < -0.39 is 5.97 Å². The van der Waals surface area contributed by atoms with E-state index in [1.807, 2.05) is 6.92 Å². The van der Waals surface area contributed by atoms with Gasteiger partial charge in [0.05, 0.1) is 11.3 Å². The van der Waals surface area contributed by atoms with Gasteiger partial charge in [-0.3, -0.25) is 4.79 Å². The Morgan fingerprint density at radius 2 is 2.07 bits per heavy atom. The Labute approximate surface area is 85.4 Å². The van der Waals surface area contributed by atoms with Crippen molar-refractivity contribution in [2.45, 2.75) is 20.3 Å². The topological polar surface area (TPSA) is 80.4 Å². The lowest BCUT2D eigenvalue weighted by Gasteiger charge is -1.97. The Bertz CT molecular complexity index is 395. The third kappa shape index (κ3) is 1.63. The number of nitrogen functional groups attached to an aromatic ring is 1. The third-order valence-corrected chi connectivity index (χ3v) is 3.22. The number of carboxylic acids is 1. The van der Waals surface area contributed by atoms with Gasteiger partial charge in [-0.1, -0.05) is 6.92 Å². The summed E-state index contributed by atoms with van der Waals surface area (Å²) >= 11 is 1.08. The molecule has 3 N–H and O–H groups in total. The second-order valence-corrected chi connectivity index (χ2v) is 3.96. The number of thiophene rings is 1. The monoisotopic (exact) mass is 213 g/mol. The van der Waals surface area contributed by atoms with Crippen LogP contribution in [0.3, 0.4) is 0 Å². The summed E-state index contributed by atoms with van der Waals surface area (Å²) in [7, 11) is 0. The van der Waals surface area contributed by atoms with Crippen LogP contribution in [-0.4, -0.2) is 16.9 Å². The van der Waals surface area contributed by atoms with Crippen LogP contribution in [0.4, 0.5) is 5.69 Å². The van der Waals surface area contributed by atoms with E-state index in [4.69, 9.17) is 10.8 Å². The molecule has 0 aromatic carbocycles. The molecule has 1 rings (SSSR count). The molecule has 0 saturated heterocycles. The number of ketones is 1. The van der Waals surface area contributed by atoms with Crippen LogP contribution in [0, 0.1) is 0 Å². The first-order chi connectivity index (χ1) is 6.49. The van der Waals surface area contributed by atoms with Gasteiger partial charge in [-0.25, -0.2) is 4.79 Å². The highest BCUT2D eigenvalue weighted by molar-refractivity contribution is 7.15. The molecule has 0 atom stereocenters. The second kappa shape index (κ2) is 3.79. The zero-order valence-corrected chi connectivity index (χ0v) is 8.77. The Hall–Kier alpha value is -1.36. The van der Waals surface area contributed by atoms with Gasteiger partial charge in [0.2, 0.25) is 0 Å². The van der Waals surface area contributed by atoms with Gasteiger partial charge in [0.25, 0.3) is 0 Å². The number of carboxylic acid groups (broad SMARTS) is 1. The summed E-state index contributed by atoms with van der Waals surface area (Å²) < 4.78 is 0. The number of nitrogens with two attached hydrogens (primary N) is 1. The van der Waals surface area contributed by atoms with E-state index in [9.17, 15) is 9.59 Å². The van der Waals surface area contributed by atoms with E-state index in [0.29, 0.717) is 12.0 Å². The molecule has 0 aliphatic rings. The van der Waals surface area contributed by atoms with Gasteiger partial charge >= 0.3 is 5.97 Å². The molecule has 1 aromatic heterocycles. The lowest BCUT2D eigenvalue weighted by molar-refractivity contribution is 0.0703. The number of aromatic carboxylic acids is 1. The lowest BCUT2D eigenvalue weighted by atomic mass is 10.1. The van der Waals surface area contributed by atoms with E-state index >= 15 is 0 Å². The maximum atomic E-state index is 11.2. The number of hydrogen-bond acceptors (Lipinski definition) is 4. The highest BCUT2D eigenvalue weighted by Gasteiger charge is 2.21. The fourth-order valence-electron chi connectivity index (χ4n) is 1.29. The van der Waals surface area contributed by atoms with Gasteiger partial charge in [-0.05, 0) is 13.3 Å². The Balaban J connectivity index is 3.40. The molecule has 1 aromatic rings. The molecule has 4 nitrogen and oxygen atoms in total. The summed E-state index contributed by atoms with van der Waals surface area (Å²) in [6, 6.07) is 0. The first kappa shape index (κ1) is 10.7. The van der Waals surface area contributed by atoms with Crippen molar-refractivity contribution in [3.8, 4) is 0 Å². The smallest absolute Gasteiger partial charge is 0.348 e. The van der Waals surface area contributed by atoms with Crippen molar-refractivity contribution in [3.05, 3.63) is 15.3 Å². The molecule has 0 saturated carbocycles. The van der Waals surface area contributed by atoms with Gasteiger partial charge in [0, 0.05) is 4.88 Å². The molecule has 0 amide bonds. The number of carbonyl (C=O) groups is 2.